The summed E-state index contributed by atoms with van der Waals surface area (Å²) in [5, 5.41) is 18.3. The van der Waals surface area contributed by atoms with Crippen LogP contribution in [-0.2, 0) is 0 Å². The molecule has 2 aromatic heterocycles. The number of carboxylic acids is 2. The average Bonchev–Trinajstić information content (AvgIpc) is 3.98. The van der Waals surface area contributed by atoms with Crippen molar-refractivity contribution in [1.29, 1.82) is 0 Å². The second-order valence-electron chi connectivity index (χ2n) is 16.3. The van der Waals surface area contributed by atoms with Gasteiger partial charge in [-0.25, -0.2) is 27.2 Å². The summed E-state index contributed by atoms with van der Waals surface area (Å²) in [7, 11) is 0. The summed E-state index contributed by atoms with van der Waals surface area (Å²) < 4.78 is 60.4. The molecule has 6 N–H and O–H groups in total. The number of hydrogen-bond acceptors (Lipinski definition) is 8. The van der Waals surface area contributed by atoms with E-state index in [4.69, 9.17) is 34.7 Å². The number of carbonyl (C=O) groups is 2. The Labute approximate surface area is 325 Å². The molecule has 6 atom stereocenters. The van der Waals surface area contributed by atoms with Gasteiger partial charge in [-0.3, -0.25) is 9.59 Å². The molecule has 2 aliphatic heterocycles. The monoisotopic (exact) mass is 818 g/mol. The van der Waals surface area contributed by atoms with Gasteiger partial charge in [0.1, 0.15) is 35.1 Å². The second kappa shape index (κ2) is 12.6. The van der Waals surface area contributed by atoms with Crippen LogP contribution < -0.4 is 32.1 Å². The Kier molecular flexibility index (Phi) is 8.35. The molecule has 0 bridgehead atoms. The average molecular weight is 820 g/mol. The highest BCUT2D eigenvalue weighted by Gasteiger charge is 2.55. The van der Waals surface area contributed by atoms with Gasteiger partial charge in [-0.05, 0) is 37.8 Å². The van der Waals surface area contributed by atoms with Crippen LogP contribution in [0.2, 0.25) is 10.0 Å². The van der Waals surface area contributed by atoms with Crippen LogP contribution in [-0.4, -0.2) is 81.9 Å². The molecule has 296 valence electrons. The zero-order chi connectivity index (χ0) is 39.9. The van der Waals surface area contributed by atoms with Crippen molar-refractivity contribution < 1.29 is 37.4 Å². The van der Waals surface area contributed by atoms with Crippen LogP contribution in [0.4, 0.5) is 28.9 Å². The molecular weight excluding hydrogens is 783 g/mol. The minimum Gasteiger partial charge on any atom is -0.477 e. The molecule has 4 aromatic rings. The lowest BCUT2D eigenvalue weighted by molar-refractivity contribution is 0.0684. The van der Waals surface area contributed by atoms with Crippen LogP contribution in [0.5, 0.6) is 0 Å². The highest BCUT2D eigenvalue weighted by atomic mass is 35.5. The third-order valence-electron chi connectivity index (χ3n) is 12.7. The Balaban J connectivity index is 0.000000146. The number of anilines is 2. The van der Waals surface area contributed by atoms with Crippen molar-refractivity contribution in [3.05, 3.63) is 77.8 Å². The minimum atomic E-state index is -1.45. The van der Waals surface area contributed by atoms with Crippen molar-refractivity contribution >= 4 is 68.3 Å². The van der Waals surface area contributed by atoms with E-state index in [1.165, 1.54) is 9.13 Å². The summed E-state index contributed by atoms with van der Waals surface area (Å²) in [6, 6.07) is 0.616. The van der Waals surface area contributed by atoms with E-state index in [0.29, 0.717) is 26.2 Å². The largest absolute Gasteiger partial charge is 0.477 e. The SMILES string of the molecule is N[C@H]1CN(c2c(F)cc3c(=O)c(C(=O)O)cn([C@@H]4C[C@H]4F)c3c2Cl)CC12CC2.N[C@H]1CN(c2c(F)cc3c(=O)c(C(=O)O)cn([C@H]4C[C@@H]4F)c3c2Cl)CC12CC2. The number of alkyl halides is 2. The van der Waals surface area contributed by atoms with Crippen molar-refractivity contribution in [1.82, 2.24) is 9.13 Å². The number of fused-ring (bicyclic) bond motifs is 2. The molecule has 0 radical (unpaired) electrons. The number of rotatable bonds is 6. The lowest BCUT2D eigenvalue weighted by Gasteiger charge is -2.23. The number of aromatic carboxylic acids is 2. The van der Waals surface area contributed by atoms with Crippen molar-refractivity contribution in [3.8, 4) is 0 Å². The lowest BCUT2D eigenvalue weighted by Crippen LogP contribution is -2.30. The van der Waals surface area contributed by atoms with Crippen molar-refractivity contribution in [2.45, 2.75) is 75.0 Å². The number of nitrogens with zero attached hydrogens (tertiary/aromatic N) is 4. The molecule has 4 heterocycles. The smallest absolute Gasteiger partial charge is 0.341 e. The van der Waals surface area contributed by atoms with Gasteiger partial charge in [0, 0.05) is 74.3 Å². The summed E-state index contributed by atoms with van der Waals surface area (Å²) in [6.45, 7) is 2.02. The Morgan fingerprint density at radius 1 is 0.696 bits per heavy atom. The maximum absolute atomic E-state index is 15.0. The minimum absolute atomic E-state index is 0.00645. The van der Waals surface area contributed by atoms with Gasteiger partial charge < -0.3 is 40.6 Å². The molecule has 12 nitrogen and oxygen atoms in total. The first-order valence-corrected chi connectivity index (χ1v) is 19.1. The zero-order valence-corrected chi connectivity index (χ0v) is 31.1. The standard InChI is InChI=1S/2C19H18ClF2N3O3/c2*20-14-15-8(17(26)9(18(27)28)5-25(15)12-4-10(12)21)3-11(22)16(14)24-6-13(23)19(7-24)1-2-19/h2*3,5,10,12-13H,1-2,4,6-7,23H2,(H,27,28)/t10-,12-,13+;10-,12-,13-/m10/s1. The lowest BCUT2D eigenvalue weighted by atomic mass is 10.0. The summed E-state index contributed by atoms with van der Waals surface area (Å²) in [5.41, 5.74) is 10.3. The van der Waals surface area contributed by atoms with Gasteiger partial charge >= 0.3 is 11.9 Å². The predicted octanol–water partition coefficient (Wildman–Crippen LogP) is 5.41. The van der Waals surface area contributed by atoms with Crippen molar-refractivity contribution in [3.63, 3.8) is 0 Å². The molecule has 10 rings (SSSR count). The molecule has 2 aromatic carbocycles. The number of benzene rings is 2. The highest BCUT2D eigenvalue weighted by molar-refractivity contribution is 6.38. The molecule has 6 fully saturated rings. The van der Waals surface area contributed by atoms with Crippen LogP contribution in [0.25, 0.3) is 21.8 Å². The first kappa shape index (κ1) is 37.2. The number of aromatic nitrogens is 2. The number of nitrogens with two attached hydrogens (primary N) is 2. The molecule has 6 aliphatic rings. The Morgan fingerprint density at radius 2 is 1.04 bits per heavy atom. The van der Waals surface area contributed by atoms with Gasteiger partial charge in [-0.2, -0.15) is 0 Å². The van der Waals surface area contributed by atoms with Gasteiger partial charge in [0.25, 0.3) is 0 Å². The molecule has 0 amide bonds. The topological polar surface area (TPSA) is 177 Å². The van der Waals surface area contributed by atoms with E-state index < -0.39 is 70.0 Å². The van der Waals surface area contributed by atoms with Crippen LogP contribution in [0.15, 0.2) is 34.1 Å². The number of carboxylic acid groups (broad SMARTS) is 2. The van der Waals surface area contributed by atoms with Crippen LogP contribution in [0.1, 0.15) is 71.3 Å². The molecule has 56 heavy (non-hydrogen) atoms. The normalized spacial score (nSPS) is 27.6. The molecule has 0 unspecified atom stereocenters. The van der Waals surface area contributed by atoms with Crippen molar-refractivity contribution in [2.75, 3.05) is 36.0 Å². The molecule has 2 saturated heterocycles. The summed E-state index contributed by atoms with van der Waals surface area (Å²) in [4.78, 5) is 51.7. The van der Waals surface area contributed by atoms with E-state index in [1.54, 1.807) is 9.80 Å². The van der Waals surface area contributed by atoms with E-state index in [1.807, 2.05) is 0 Å². The Morgan fingerprint density at radius 3 is 1.30 bits per heavy atom. The third kappa shape index (κ3) is 5.69. The van der Waals surface area contributed by atoms with Crippen molar-refractivity contribution in [2.24, 2.45) is 22.3 Å². The number of pyridine rings is 2. The maximum Gasteiger partial charge on any atom is 0.341 e. The van der Waals surface area contributed by atoms with E-state index in [9.17, 15) is 38.2 Å². The van der Waals surface area contributed by atoms with Crippen LogP contribution in [0, 0.1) is 22.5 Å². The number of hydrogen-bond donors (Lipinski definition) is 4. The summed E-state index contributed by atoms with van der Waals surface area (Å²) in [6.07, 6.45) is 4.22. The third-order valence-corrected chi connectivity index (χ3v) is 13.5. The van der Waals surface area contributed by atoms with E-state index in [-0.39, 0.29) is 79.0 Å². The number of halogens is 6. The fourth-order valence-corrected chi connectivity index (χ4v) is 9.67. The quantitative estimate of drug-likeness (QED) is 0.184. The summed E-state index contributed by atoms with van der Waals surface area (Å²) in [5.74, 6) is -4.31. The fourth-order valence-electron chi connectivity index (χ4n) is 8.86. The first-order chi connectivity index (χ1) is 26.5. The maximum atomic E-state index is 15.0. The van der Waals surface area contributed by atoms with E-state index in [0.717, 1.165) is 50.2 Å². The van der Waals surface area contributed by atoms with E-state index >= 15 is 8.78 Å². The van der Waals surface area contributed by atoms with Gasteiger partial charge in [-0.1, -0.05) is 23.2 Å². The first-order valence-electron chi connectivity index (χ1n) is 18.4. The second-order valence-corrected chi connectivity index (χ2v) is 17.1. The molecule has 4 aliphatic carbocycles. The van der Waals surface area contributed by atoms with Crippen LogP contribution >= 0.6 is 23.2 Å². The summed E-state index contributed by atoms with van der Waals surface area (Å²) >= 11 is 13.1. The predicted molar refractivity (Wildman–Crippen MR) is 201 cm³/mol. The molecular formula is C38H36Cl2F4N6O6. The van der Waals surface area contributed by atoms with Gasteiger partial charge in [0.05, 0.1) is 55.3 Å². The van der Waals surface area contributed by atoms with Gasteiger partial charge in [0.15, 0.2) is 0 Å². The fraction of sp³-hybridized carbons (Fsp3) is 0.474. The zero-order valence-electron chi connectivity index (χ0n) is 29.6. The van der Waals surface area contributed by atoms with Crippen LogP contribution in [0.3, 0.4) is 0 Å². The van der Waals surface area contributed by atoms with E-state index in [2.05, 4.69) is 0 Å². The molecule has 18 heteroatoms. The van der Waals surface area contributed by atoms with Gasteiger partial charge in [0.2, 0.25) is 10.9 Å². The Bertz CT molecular complexity index is 2370. The molecule has 2 spiro atoms. The van der Waals surface area contributed by atoms with Gasteiger partial charge in [-0.15, -0.1) is 0 Å². The molecule has 4 saturated carbocycles. The Hall–Kier alpha value is -4.38. The highest BCUT2D eigenvalue weighted by Crippen LogP contribution is 2.55.